The first kappa shape index (κ1) is 23.5. The zero-order chi connectivity index (χ0) is 24.9. The number of rotatable bonds is 7. The van der Waals surface area contributed by atoms with Crippen molar-refractivity contribution < 1.29 is 14.3 Å². The molecule has 0 atom stereocenters. The second kappa shape index (κ2) is 10.6. The van der Waals surface area contributed by atoms with Crippen LogP contribution in [0.15, 0.2) is 67.3 Å². The third kappa shape index (κ3) is 5.07. The predicted octanol–water partition coefficient (Wildman–Crippen LogP) is 5.05. The minimum atomic E-state index is -0.423. The molecule has 36 heavy (non-hydrogen) atoms. The summed E-state index contributed by atoms with van der Waals surface area (Å²) in [5, 5.41) is 8.22. The number of fused-ring (bicyclic) bond motifs is 1. The van der Waals surface area contributed by atoms with Crippen LogP contribution in [0.4, 0.5) is 5.69 Å². The second-order valence-electron chi connectivity index (χ2n) is 9.09. The lowest BCUT2D eigenvalue weighted by Gasteiger charge is -2.29. The molecule has 0 spiro atoms. The quantitative estimate of drug-likeness (QED) is 0.293. The SMILES string of the molecule is COC(=O)/C=C/c1cccc(N(Cc2cn(-c3cccc4cn[nH]c34)cn2)C(=O)C2CCCCC2)c1. The Balaban J connectivity index is 1.45. The number of hydrogen-bond acceptors (Lipinski definition) is 5. The van der Waals surface area contributed by atoms with Crippen molar-refractivity contribution in [2.75, 3.05) is 12.0 Å². The van der Waals surface area contributed by atoms with Gasteiger partial charge in [-0.1, -0.05) is 43.5 Å². The predicted molar refractivity (Wildman–Crippen MR) is 138 cm³/mol. The Hall–Kier alpha value is -4.20. The van der Waals surface area contributed by atoms with Crippen molar-refractivity contribution in [3.05, 3.63) is 78.5 Å². The molecule has 1 fully saturated rings. The fourth-order valence-corrected chi connectivity index (χ4v) is 4.80. The Bertz CT molecular complexity index is 1400. The van der Waals surface area contributed by atoms with Gasteiger partial charge in [-0.2, -0.15) is 5.10 Å². The molecular weight excluding hydrogens is 454 g/mol. The number of esters is 1. The van der Waals surface area contributed by atoms with Crippen LogP contribution in [0.1, 0.15) is 43.4 Å². The number of anilines is 1. The fourth-order valence-electron chi connectivity index (χ4n) is 4.80. The van der Waals surface area contributed by atoms with Gasteiger partial charge in [0.1, 0.15) is 0 Å². The van der Waals surface area contributed by atoms with Gasteiger partial charge in [-0.05, 0) is 42.7 Å². The van der Waals surface area contributed by atoms with Crippen LogP contribution >= 0.6 is 0 Å². The number of amides is 1. The minimum absolute atomic E-state index is 0.00819. The molecular formula is C28H29N5O3. The molecule has 1 aliphatic rings. The van der Waals surface area contributed by atoms with Crippen LogP contribution in [-0.4, -0.2) is 38.7 Å². The van der Waals surface area contributed by atoms with Crippen molar-refractivity contribution in [3.63, 3.8) is 0 Å². The van der Waals surface area contributed by atoms with Crippen molar-refractivity contribution in [1.82, 2.24) is 19.7 Å². The summed E-state index contributed by atoms with van der Waals surface area (Å²) in [4.78, 5) is 31.7. The van der Waals surface area contributed by atoms with Crippen molar-refractivity contribution >= 4 is 34.5 Å². The summed E-state index contributed by atoms with van der Waals surface area (Å²) in [6, 6.07) is 13.6. The molecule has 0 radical (unpaired) electrons. The van der Waals surface area contributed by atoms with E-state index in [2.05, 4.69) is 15.2 Å². The lowest BCUT2D eigenvalue weighted by atomic mass is 9.88. The molecule has 1 N–H and O–H groups in total. The number of hydrogen-bond donors (Lipinski definition) is 1. The molecule has 2 aromatic heterocycles. The van der Waals surface area contributed by atoms with E-state index in [-0.39, 0.29) is 11.8 Å². The third-order valence-electron chi connectivity index (χ3n) is 6.70. The summed E-state index contributed by atoms with van der Waals surface area (Å²) >= 11 is 0. The first-order valence-corrected chi connectivity index (χ1v) is 12.2. The zero-order valence-electron chi connectivity index (χ0n) is 20.3. The largest absolute Gasteiger partial charge is 0.466 e. The summed E-state index contributed by atoms with van der Waals surface area (Å²) in [5.41, 5.74) is 4.26. The van der Waals surface area contributed by atoms with Crippen LogP contribution in [0.2, 0.25) is 0 Å². The average molecular weight is 484 g/mol. The maximum atomic E-state index is 13.7. The lowest BCUT2D eigenvalue weighted by molar-refractivity contribution is -0.134. The van der Waals surface area contributed by atoms with Gasteiger partial charge in [0.25, 0.3) is 0 Å². The number of carbonyl (C=O) groups is 2. The molecule has 2 aromatic carbocycles. The molecule has 5 rings (SSSR count). The maximum absolute atomic E-state index is 13.7. The van der Waals surface area contributed by atoms with E-state index in [1.807, 2.05) is 58.1 Å². The van der Waals surface area contributed by atoms with Crippen molar-refractivity contribution in [2.45, 2.75) is 38.6 Å². The standard InChI is InChI=1S/C28H29N5O3/c1-36-26(34)14-13-20-7-5-11-24(15-20)33(28(35)21-8-3-2-4-9-21)18-23-17-32(19-29-23)25-12-6-10-22-16-30-31-27(22)25/h5-7,10-17,19,21H,2-4,8-9,18H2,1H3,(H,30,31)/b14-13+. The topological polar surface area (TPSA) is 93.1 Å². The Morgan fingerprint density at radius 1 is 1.17 bits per heavy atom. The van der Waals surface area contributed by atoms with Gasteiger partial charge < -0.3 is 14.2 Å². The highest BCUT2D eigenvalue weighted by molar-refractivity contribution is 5.95. The highest BCUT2D eigenvalue weighted by atomic mass is 16.5. The van der Waals surface area contributed by atoms with Crippen LogP contribution in [0.3, 0.4) is 0 Å². The molecule has 0 saturated heterocycles. The number of aromatic nitrogens is 4. The van der Waals surface area contributed by atoms with E-state index in [0.717, 1.165) is 59.2 Å². The van der Waals surface area contributed by atoms with Crippen LogP contribution in [0.25, 0.3) is 22.7 Å². The Morgan fingerprint density at radius 2 is 2.00 bits per heavy atom. The molecule has 184 valence electrons. The van der Waals surface area contributed by atoms with Crippen molar-refractivity contribution in [3.8, 4) is 5.69 Å². The number of methoxy groups -OCH3 is 1. The number of carbonyl (C=O) groups excluding carboxylic acids is 2. The summed E-state index contributed by atoms with van der Waals surface area (Å²) in [6.45, 7) is 0.353. The van der Waals surface area contributed by atoms with Gasteiger partial charge in [0.15, 0.2) is 0 Å². The second-order valence-corrected chi connectivity index (χ2v) is 9.09. The highest BCUT2D eigenvalue weighted by Crippen LogP contribution is 2.29. The molecule has 8 heteroatoms. The summed E-state index contributed by atoms with van der Waals surface area (Å²) in [7, 11) is 1.35. The zero-order valence-corrected chi connectivity index (χ0v) is 20.3. The molecule has 0 aliphatic heterocycles. The van der Waals surface area contributed by atoms with Crippen molar-refractivity contribution in [1.29, 1.82) is 0 Å². The van der Waals surface area contributed by atoms with Crippen LogP contribution in [-0.2, 0) is 20.9 Å². The summed E-state index contributed by atoms with van der Waals surface area (Å²) in [5.74, 6) is -0.295. The molecule has 4 aromatic rings. The van der Waals surface area contributed by atoms with Crippen LogP contribution in [0, 0.1) is 5.92 Å². The number of ether oxygens (including phenoxy) is 1. The van der Waals surface area contributed by atoms with E-state index in [4.69, 9.17) is 4.74 Å². The number of H-pyrrole nitrogens is 1. The number of para-hydroxylation sites is 1. The van der Waals surface area contributed by atoms with Crippen LogP contribution < -0.4 is 4.90 Å². The first-order chi connectivity index (χ1) is 17.6. The fraction of sp³-hybridized carbons (Fsp3) is 0.286. The molecule has 2 heterocycles. The number of benzene rings is 2. The average Bonchev–Trinajstić information content (AvgIpc) is 3.60. The number of nitrogens with zero attached hydrogens (tertiary/aromatic N) is 4. The molecule has 1 aliphatic carbocycles. The normalized spacial score (nSPS) is 14.4. The smallest absolute Gasteiger partial charge is 0.330 e. The van der Waals surface area contributed by atoms with E-state index in [1.165, 1.54) is 19.6 Å². The first-order valence-electron chi connectivity index (χ1n) is 12.2. The van der Waals surface area contributed by atoms with E-state index >= 15 is 0 Å². The van der Waals surface area contributed by atoms with E-state index in [9.17, 15) is 9.59 Å². The van der Waals surface area contributed by atoms with Gasteiger partial charge >= 0.3 is 5.97 Å². The number of imidazole rings is 1. The molecule has 1 amide bonds. The van der Waals surface area contributed by atoms with Gasteiger partial charge in [0.2, 0.25) is 5.91 Å². The monoisotopic (exact) mass is 483 g/mol. The molecule has 0 unspecified atom stereocenters. The van der Waals surface area contributed by atoms with Gasteiger partial charge in [-0.25, -0.2) is 9.78 Å². The Kier molecular flexibility index (Phi) is 6.93. The van der Waals surface area contributed by atoms with Gasteiger partial charge in [0.05, 0.1) is 43.1 Å². The third-order valence-corrected chi connectivity index (χ3v) is 6.70. The number of nitrogens with one attached hydrogen (secondary N) is 1. The van der Waals surface area contributed by atoms with Crippen LogP contribution in [0.5, 0.6) is 0 Å². The maximum Gasteiger partial charge on any atom is 0.330 e. The minimum Gasteiger partial charge on any atom is -0.466 e. The number of aromatic amines is 1. The Labute approximate surface area is 209 Å². The summed E-state index contributed by atoms with van der Waals surface area (Å²) < 4.78 is 6.65. The highest BCUT2D eigenvalue weighted by Gasteiger charge is 2.27. The molecule has 1 saturated carbocycles. The van der Waals surface area contributed by atoms with Gasteiger partial charge in [-0.15, -0.1) is 0 Å². The van der Waals surface area contributed by atoms with E-state index in [0.29, 0.717) is 6.54 Å². The van der Waals surface area contributed by atoms with E-state index < -0.39 is 5.97 Å². The van der Waals surface area contributed by atoms with Crippen molar-refractivity contribution in [2.24, 2.45) is 5.92 Å². The van der Waals surface area contributed by atoms with Gasteiger partial charge in [-0.3, -0.25) is 9.89 Å². The summed E-state index contributed by atoms with van der Waals surface area (Å²) in [6.07, 6.45) is 13.7. The lowest BCUT2D eigenvalue weighted by Crippen LogP contribution is -2.36. The molecule has 0 bridgehead atoms. The van der Waals surface area contributed by atoms with E-state index in [1.54, 1.807) is 18.6 Å². The Morgan fingerprint density at radius 3 is 2.83 bits per heavy atom. The molecule has 8 nitrogen and oxygen atoms in total. The van der Waals surface area contributed by atoms with Gasteiger partial charge in [0, 0.05) is 29.3 Å².